The Morgan fingerprint density at radius 1 is 0.867 bits per heavy atom. The van der Waals surface area contributed by atoms with E-state index in [2.05, 4.69) is 15.9 Å². The number of halogens is 2. The van der Waals surface area contributed by atoms with Gasteiger partial charge in [-0.25, -0.2) is 8.42 Å². The van der Waals surface area contributed by atoms with Gasteiger partial charge in [-0.05, 0) is 55.5 Å². The van der Waals surface area contributed by atoms with Gasteiger partial charge in [0, 0.05) is 27.0 Å². The van der Waals surface area contributed by atoms with Gasteiger partial charge in [0.1, 0.15) is 5.25 Å². The molecule has 3 aromatic rings. The SMILES string of the molecule is Cc1ccc(S(=O)(=O)[C@@H](CC(=O)c2ccc(Br)cc2)C(=O)c2ccc(Cl)cc2)cc1. The molecule has 0 aromatic heterocycles. The van der Waals surface area contributed by atoms with E-state index in [4.69, 9.17) is 11.6 Å². The maximum absolute atomic E-state index is 13.3. The fraction of sp³-hybridized carbons (Fsp3) is 0.130. The van der Waals surface area contributed by atoms with Gasteiger partial charge in [-0.15, -0.1) is 0 Å². The Morgan fingerprint density at radius 3 is 1.97 bits per heavy atom. The molecule has 0 radical (unpaired) electrons. The van der Waals surface area contributed by atoms with Crippen molar-refractivity contribution in [3.8, 4) is 0 Å². The van der Waals surface area contributed by atoms with E-state index in [1.165, 1.54) is 36.4 Å². The summed E-state index contributed by atoms with van der Waals surface area (Å²) >= 11 is 9.19. The average Bonchev–Trinajstić information content (AvgIpc) is 2.72. The summed E-state index contributed by atoms with van der Waals surface area (Å²) in [5, 5.41) is -1.12. The Kier molecular flexibility index (Phi) is 6.91. The third kappa shape index (κ3) is 5.06. The quantitative estimate of drug-likeness (QED) is 0.386. The summed E-state index contributed by atoms with van der Waals surface area (Å²) in [5.41, 5.74) is 1.41. The molecule has 0 heterocycles. The second-order valence-corrected chi connectivity index (χ2v) is 10.3. The van der Waals surface area contributed by atoms with Crippen LogP contribution in [0.25, 0.3) is 0 Å². The number of ketones is 2. The molecule has 0 amide bonds. The number of rotatable bonds is 7. The second kappa shape index (κ2) is 9.25. The number of sulfone groups is 1. The molecule has 0 aliphatic carbocycles. The molecule has 0 aliphatic rings. The van der Waals surface area contributed by atoms with Crippen LogP contribution in [0.1, 0.15) is 32.7 Å². The number of carbonyl (C=O) groups excluding carboxylic acids is 2. The number of aryl methyl sites for hydroxylation is 1. The van der Waals surface area contributed by atoms with Crippen molar-refractivity contribution in [2.45, 2.75) is 23.5 Å². The molecule has 3 aromatic carbocycles. The molecular weight excluding hydrogens is 488 g/mol. The molecule has 3 rings (SSSR count). The fourth-order valence-electron chi connectivity index (χ4n) is 2.96. The molecule has 154 valence electrons. The van der Waals surface area contributed by atoms with Gasteiger partial charge >= 0.3 is 0 Å². The Bertz CT molecular complexity index is 1170. The van der Waals surface area contributed by atoms with E-state index < -0.39 is 33.1 Å². The lowest BCUT2D eigenvalue weighted by Crippen LogP contribution is -2.33. The normalized spacial score (nSPS) is 12.4. The average molecular weight is 506 g/mol. The number of hydrogen-bond acceptors (Lipinski definition) is 4. The van der Waals surface area contributed by atoms with Gasteiger partial charge in [0.25, 0.3) is 0 Å². The highest BCUT2D eigenvalue weighted by Crippen LogP contribution is 2.25. The molecule has 0 fully saturated rings. The van der Waals surface area contributed by atoms with Crippen molar-refractivity contribution in [1.82, 2.24) is 0 Å². The van der Waals surface area contributed by atoms with Crippen molar-refractivity contribution in [3.05, 3.63) is 99.0 Å². The van der Waals surface area contributed by atoms with Crippen LogP contribution in [0.3, 0.4) is 0 Å². The Hall–Kier alpha value is -2.28. The maximum atomic E-state index is 13.3. The van der Waals surface area contributed by atoms with E-state index in [0.717, 1.165) is 10.0 Å². The van der Waals surface area contributed by atoms with Crippen molar-refractivity contribution >= 4 is 48.9 Å². The lowest BCUT2D eigenvalue weighted by atomic mass is 10.0. The molecule has 30 heavy (non-hydrogen) atoms. The number of carbonyl (C=O) groups is 2. The zero-order valence-corrected chi connectivity index (χ0v) is 19.2. The monoisotopic (exact) mass is 504 g/mol. The van der Waals surface area contributed by atoms with E-state index >= 15 is 0 Å². The third-order valence-electron chi connectivity index (χ3n) is 4.68. The summed E-state index contributed by atoms with van der Waals surface area (Å²) in [6.45, 7) is 1.84. The van der Waals surface area contributed by atoms with Crippen LogP contribution in [0.5, 0.6) is 0 Å². The summed E-state index contributed by atoms with van der Waals surface area (Å²) in [4.78, 5) is 26.0. The summed E-state index contributed by atoms with van der Waals surface area (Å²) in [6.07, 6.45) is -0.459. The molecule has 7 heteroatoms. The highest BCUT2D eigenvalue weighted by atomic mass is 79.9. The minimum Gasteiger partial charge on any atom is -0.294 e. The molecule has 0 bridgehead atoms. The Labute approximate surface area is 188 Å². The van der Waals surface area contributed by atoms with Crippen LogP contribution in [0, 0.1) is 6.92 Å². The highest BCUT2D eigenvalue weighted by molar-refractivity contribution is 9.10. The molecule has 0 spiro atoms. The van der Waals surface area contributed by atoms with E-state index in [1.54, 1.807) is 36.4 Å². The van der Waals surface area contributed by atoms with Crippen molar-refractivity contribution in [2.24, 2.45) is 0 Å². The van der Waals surface area contributed by atoms with Crippen molar-refractivity contribution in [1.29, 1.82) is 0 Å². The van der Waals surface area contributed by atoms with Crippen LogP contribution < -0.4 is 0 Å². The van der Waals surface area contributed by atoms with Crippen LogP contribution >= 0.6 is 27.5 Å². The van der Waals surface area contributed by atoms with Crippen molar-refractivity contribution < 1.29 is 18.0 Å². The molecule has 0 saturated heterocycles. The van der Waals surface area contributed by atoms with Crippen molar-refractivity contribution in [2.75, 3.05) is 0 Å². The number of benzene rings is 3. The first-order valence-corrected chi connectivity index (χ1v) is 11.8. The molecule has 0 unspecified atom stereocenters. The Balaban J connectivity index is 2.02. The molecule has 0 N–H and O–H groups in total. The first kappa shape index (κ1) is 22.4. The number of hydrogen-bond donors (Lipinski definition) is 0. The lowest BCUT2D eigenvalue weighted by molar-refractivity contribution is 0.0920. The standard InChI is InChI=1S/C23H18BrClO4S/c1-15-2-12-20(13-3-15)30(28,29)22(23(27)17-6-10-19(25)11-7-17)14-21(26)16-4-8-18(24)9-5-16/h2-13,22H,14H2,1H3/t22-/m0/s1. The van der Waals surface area contributed by atoms with Gasteiger partial charge in [-0.3, -0.25) is 9.59 Å². The van der Waals surface area contributed by atoms with Gasteiger partial charge in [-0.2, -0.15) is 0 Å². The van der Waals surface area contributed by atoms with Crippen LogP contribution in [0.15, 0.2) is 82.2 Å². The topological polar surface area (TPSA) is 68.3 Å². The third-order valence-corrected chi connectivity index (χ3v) is 7.52. The molecule has 1 atom stereocenters. The molecular formula is C23H18BrClO4S. The maximum Gasteiger partial charge on any atom is 0.189 e. The first-order chi connectivity index (χ1) is 14.2. The van der Waals surface area contributed by atoms with Gasteiger partial charge in [0.2, 0.25) is 0 Å². The van der Waals surface area contributed by atoms with Gasteiger partial charge < -0.3 is 0 Å². The first-order valence-electron chi connectivity index (χ1n) is 9.07. The zero-order chi connectivity index (χ0) is 21.9. The van der Waals surface area contributed by atoms with E-state index in [0.29, 0.717) is 10.6 Å². The lowest BCUT2D eigenvalue weighted by Gasteiger charge is -2.17. The van der Waals surface area contributed by atoms with Crippen LogP contribution in [0.2, 0.25) is 5.02 Å². The summed E-state index contributed by atoms with van der Waals surface area (Å²) in [7, 11) is -4.10. The smallest absolute Gasteiger partial charge is 0.189 e. The fourth-order valence-corrected chi connectivity index (χ4v) is 4.98. The minimum atomic E-state index is -4.10. The van der Waals surface area contributed by atoms with Gasteiger partial charge in [0.05, 0.1) is 4.90 Å². The van der Waals surface area contributed by atoms with E-state index in [1.807, 2.05) is 6.92 Å². The predicted octanol–water partition coefficient (Wildman–Crippen LogP) is 5.71. The highest BCUT2D eigenvalue weighted by Gasteiger charge is 2.36. The van der Waals surface area contributed by atoms with Crippen molar-refractivity contribution in [3.63, 3.8) is 0 Å². The molecule has 0 aliphatic heterocycles. The zero-order valence-electron chi connectivity index (χ0n) is 16.0. The molecule has 0 saturated carbocycles. The van der Waals surface area contributed by atoms with Gasteiger partial charge in [0.15, 0.2) is 21.4 Å². The van der Waals surface area contributed by atoms with Crippen LogP contribution in [0.4, 0.5) is 0 Å². The summed E-state index contributed by atoms with van der Waals surface area (Å²) < 4.78 is 27.5. The minimum absolute atomic E-state index is 0.00372. The van der Waals surface area contributed by atoms with E-state index in [9.17, 15) is 18.0 Å². The van der Waals surface area contributed by atoms with Crippen LogP contribution in [-0.2, 0) is 9.84 Å². The summed E-state index contributed by atoms with van der Waals surface area (Å²) in [6, 6.07) is 18.8. The van der Waals surface area contributed by atoms with E-state index in [-0.39, 0.29) is 10.5 Å². The van der Waals surface area contributed by atoms with Crippen LogP contribution in [-0.4, -0.2) is 25.2 Å². The Morgan fingerprint density at radius 2 is 1.40 bits per heavy atom. The van der Waals surface area contributed by atoms with Gasteiger partial charge in [-0.1, -0.05) is 57.4 Å². The summed E-state index contributed by atoms with van der Waals surface area (Å²) in [5.74, 6) is -1.07. The predicted molar refractivity (Wildman–Crippen MR) is 121 cm³/mol. The molecule has 4 nitrogen and oxygen atoms in total. The second-order valence-electron chi connectivity index (χ2n) is 6.85. The number of Topliss-reactive ketones (excluding diaryl/α,β-unsaturated/α-hetero) is 2. The largest absolute Gasteiger partial charge is 0.294 e.